The van der Waals surface area contributed by atoms with Crippen LogP contribution in [-0.2, 0) is 19.2 Å². The predicted molar refractivity (Wildman–Crippen MR) is 160 cm³/mol. The van der Waals surface area contributed by atoms with Crippen LogP contribution in [0.5, 0.6) is 17.2 Å². The number of hydrogen-bond acceptors (Lipinski definition) is 9. The Kier molecular flexibility index (Phi) is 7.21. The molecule has 0 radical (unpaired) electrons. The van der Waals surface area contributed by atoms with Gasteiger partial charge in [0.25, 0.3) is 17.5 Å². The highest BCUT2D eigenvalue weighted by Crippen LogP contribution is 2.66. The van der Waals surface area contributed by atoms with Crippen LogP contribution in [-0.4, -0.2) is 68.0 Å². The maximum Gasteiger partial charge on any atom is 0.269 e. The van der Waals surface area contributed by atoms with Crippen molar-refractivity contribution in [3.8, 4) is 17.2 Å². The molecule has 2 aromatic carbocycles. The van der Waals surface area contributed by atoms with E-state index in [0.29, 0.717) is 11.1 Å². The summed E-state index contributed by atoms with van der Waals surface area (Å²) >= 11 is 17.7. The molecule has 0 bridgehead atoms. The Labute approximate surface area is 268 Å². The van der Waals surface area contributed by atoms with Crippen molar-refractivity contribution in [3.05, 3.63) is 63.7 Å². The topological polar surface area (TPSA) is 157 Å². The van der Waals surface area contributed by atoms with E-state index in [4.69, 9.17) is 32.7 Å². The van der Waals surface area contributed by atoms with Crippen molar-refractivity contribution in [1.82, 2.24) is 4.90 Å². The summed E-state index contributed by atoms with van der Waals surface area (Å²) in [5, 5.41) is 21.8. The number of phenolic OH excluding ortho intramolecular Hbond substituents is 1. The highest BCUT2D eigenvalue weighted by Gasteiger charge is 2.76. The summed E-state index contributed by atoms with van der Waals surface area (Å²) in [4.78, 5) is 63.9. The molecule has 6 atom stereocenters. The van der Waals surface area contributed by atoms with Gasteiger partial charge in [-0.2, -0.15) is 0 Å². The lowest BCUT2D eigenvalue weighted by Crippen LogP contribution is -2.60. The van der Waals surface area contributed by atoms with Gasteiger partial charge in [0.1, 0.15) is 0 Å². The average molecular weight is 709 g/mol. The molecule has 2 aliphatic heterocycles. The standard InChI is InChI=1S/C29H24BrCl2N3O9/c1-43-19-9-13(10-20(44-2)23(19)36)22-16-7-8-17-21(18(16)11-28(31)26(39)33(12-30)27(40)29(22,28)32)25(38)34(24(17)37)14-3-5-15(6-4-14)35(41)42/h3-7,9-10,17-18,21-22,36H,8,11-12H2,1-2H3. The molecule has 2 aliphatic carbocycles. The van der Waals surface area contributed by atoms with E-state index < -0.39 is 62.0 Å². The number of hydrogen-bond donors (Lipinski definition) is 1. The number of nitrogens with zero attached hydrogens (tertiary/aromatic N) is 3. The van der Waals surface area contributed by atoms with Gasteiger partial charge in [-0.1, -0.05) is 27.6 Å². The number of rotatable bonds is 6. The molecule has 6 unspecified atom stereocenters. The van der Waals surface area contributed by atoms with Crippen LogP contribution in [0.25, 0.3) is 0 Å². The Hall–Kier alpha value is -3.68. The molecular weight excluding hydrogens is 685 g/mol. The summed E-state index contributed by atoms with van der Waals surface area (Å²) in [6.07, 6.45) is 1.68. The minimum absolute atomic E-state index is 0.0155. The van der Waals surface area contributed by atoms with E-state index in [9.17, 15) is 34.4 Å². The number of halogens is 3. The van der Waals surface area contributed by atoms with Crippen molar-refractivity contribution in [2.24, 2.45) is 17.8 Å². The van der Waals surface area contributed by atoms with Gasteiger partial charge in [0.05, 0.1) is 42.1 Å². The number of amides is 4. The Balaban J connectivity index is 1.52. The van der Waals surface area contributed by atoms with E-state index in [1.165, 1.54) is 50.6 Å². The van der Waals surface area contributed by atoms with E-state index in [1.807, 2.05) is 0 Å². The molecule has 12 nitrogen and oxygen atoms in total. The molecule has 2 saturated heterocycles. The van der Waals surface area contributed by atoms with Crippen LogP contribution in [0.4, 0.5) is 11.4 Å². The molecule has 4 aliphatic rings. The molecule has 15 heteroatoms. The smallest absolute Gasteiger partial charge is 0.269 e. The maximum atomic E-state index is 14.1. The first-order valence-corrected chi connectivity index (χ1v) is 15.3. The lowest BCUT2D eigenvalue weighted by molar-refractivity contribution is -0.384. The van der Waals surface area contributed by atoms with Gasteiger partial charge >= 0.3 is 0 Å². The summed E-state index contributed by atoms with van der Waals surface area (Å²) in [5.74, 6) is -6.45. The first-order valence-electron chi connectivity index (χ1n) is 13.4. The summed E-state index contributed by atoms with van der Waals surface area (Å²) in [7, 11) is 2.67. The zero-order valence-electron chi connectivity index (χ0n) is 23.2. The number of phenols is 1. The third-order valence-electron chi connectivity index (χ3n) is 9.17. The Morgan fingerprint density at radius 2 is 1.64 bits per heavy atom. The fraction of sp³-hybridized carbons (Fsp3) is 0.379. The van der Waals surface area contributed by atoms with Gasteiger partial charge < -0.3 is 14.6 Å². The van der Waals surface area contributed by atoms with Crippen molar-refractivity contribution >= 4 is 74.1 Å². The lowest BCUT2D eigenvalue weighted by Gasteiger charge is -2.50. The van der Waals surface area contributed by atoms with Crippen LogP contribution in [0.15, 0.2) is 48.0 Å². The molecular formula is C29H24BrCl2N3O9. The number of allylic oxidation sites excluding steroid dienone is 2. The number of aromatic hydroxyl groups is 1. The zero-order valence-corrected chi connectivity index (χ0v) is 26.3. The number of carbonyl (C=O) groups excluding carboxylic acids is 4. The van der Waals surface area contributed by atoms with Gasteiger partial charge in [0.2, 0.25) is 17.6 Å². The second-order valence-corrected chi connectivity index (χ2v) is 12.8. The number of benzene rings is 2. The number of fused-ring (bicyclic) bond motifs is 4. The van der Waals surface area contributed by atoms with Gasteiger partial charge in [-0.3, -0.25) is 39.1 Å². The summed E-state index contributed by atoms with van der Waals surface area (Å²) in [6.45, 7) is 0. The molecule has 2 aromatic rings. The normalized spacial score (nSPS) is 31.0. The number of anilines is 1. The van der Waals surface area contributed by atoms with Crippen LogP contribution in [0, 0.1) is 27.9 Å². The summed E-state index contributed by atoms with van der Waals surface area (Å²) < 4.78 is 10.7. The van der Waals surface area contributed by atoms with Crippen LogP contribution in [0.2, 0.25) is 0 Å². The van der Waals surface area contributed by atoms with Crippen molar-refractivity contribution in [2.45, 2.75) is 28.5 Å². The number of nitro benzene ring substituents is 1. The molecule has 4 amide bonds. The van der Waals surface area contributed by atoms with Gasteiger partial charge in [0, 0.05) is 18.1 Å². The number of ether oxygens (including phenoxy) is 2. The van der Waals surface area contributed by atoms with Crippen molar-refractivity contribution in [3.63, 3.8) is 0 Å². The van der Waals surface area contributed by atoms with E-state index in [-0.39, 0.29) is 46.9 Å². The molecule has 0 aromatic heterocycles. The molecule has 6 rings (SSSR count). The van der Waals surface area contributed by atoms with Crippen LogP contribution in [0.1, 0.15) is 24.3 Å². The fourth-order valence-electron chi connectivity index (χ4n) is 7.19. The third-order valence-corrected chi connectivity index (χ3v) is 11.1. The minimum atomic E-state index is -2.05. The van der Waals surface area contributed by atoms with Gasteiger partial charge in [-0.25, -0.2) is 0 Å². The molecule has 0 spiro atoms. The van der Waals surface area contributed by atoms with Gasteiger partial charge in [-0.15, -0.1) is 23.2 Å². The SMILES string of the molecule is COc1cc(C2C3=CCC4C(=O)N(c5ccc([N+](=O)[O-])cc5)C(=O)C4C3CC3(Cl)C(=O)N(CBr)C(=O)C23Cl)cc(OC)c1O. The highest BCUT2D eigenvalue weighted by atomic mass is 79.9. The van der Waals surface area contributed by atoms with Gasteiger partial charge in [0.15, 0.2) is 21.2 Å². The van der Waals surface area contributed by atoms with Gasteiger partial charge in [-0.05, 0) is 48.6 Å². The van der Waals surface area contributed by atoms with Crippen LogP contribution >= 0.6 is 39.1 Å². The van der Waals surface area contributed by atoms with Crippen molar-refractivity contribution < 1.29 is 38.7 Å². The Morgan fingerprint density at radius 3 is 2.18 bits per heavy atom. The molecule has 44 heavy (non-hydrogen) atoms. The number of methoxy groups -OCH3 is 2. The number of carbonyl (C=O) groups is 4. The number of nitro groups is 1. The number of non-ortho nitro benzene ring substituents is 1. The first-order chi connectivity index (χ1) is 20.8. The quantitative estimate of drug-likeness (QED) is 0.116. The van der Waals surface area contributed by atoms with E-state index in [1.54, 1.807) is 6.08 Å². The second kappa shape index (κ2) is 10.5. The molecule has 1 saturated carbocycles. The van der Waals surface area contributed by atoms with E-state index in [2.05, 4.69) is 15.9 Å². The van der Waals surface area contributed by atoms with E-state index >= 15 is 0 Å². The molecule has 1 N–H and O–H groups in total. The number of imide groups is 2. The molecule has 230 valence electrons. The monoisotopic (exact) mass is 707 g/mol. The van der Waals surface area contributed by atoms with Crippen LogP contribution < -0.4 is 14.4 Å². The predicted octanol–water partition coefficient (Wildman–Crippen LogP) is 4.23. The Morgan fingerprint density at radius 1 is 1.02 bits per heavy atom. The molecule has 3 fully saturated rings. The second-order valence-electron chi connectivity index (χ2n) is 11.0. The summed E-state index contributed by atoms with van der Waals surface area (Å²) in [5.41, 5.74) is 0.673. The average Bonchev–Trinajstić information content (AvgIpc) is 3.34. The minimum Gasteiger partial charge on any atom is -0.502 e. The summed E-state index contributed by atoms with van der Waals surface area (Å²) in [6, 6.07) is 8.02. The number of alkyl halides is 3. The zero-order chi connectivity index (χ0) is 31.9. The van der Waals surface area contributed by atoms with Crippen molar-refractivity contribution in [2.75, 3.05) is 24.6 Å². The van der Waals surface area contributed by atoms with Crippen LogP contribution in [0.3, 0.4) is 0 Å². The van der Waals surface area contributed by atoms with E-state index in [0.717, 1.165) is 9.80 Å². The Bertz CT molecular complexity index is 1660. The number of likely N-dealkylation sites (tertiary alicyclic amines) is 1. The third kappa shape index (κ3) is 3.88. The van der Waals surface area contributed by atoms with Crippen molar-refractivity contribution in [1.29, 1.82) is 0 Å². The lowest BCUT2D eigenvalue weighted by atomic mass is 9.56. The largest absolute Gasteiger partial charge is 0.502 e. The molecule has 2 heterocycles. The highest BCUT2D eigenvalue weighted by molar-refractivity contribution is 9.09. The fourth-order valence-corrected chi connectivity index (χ4v) is 8.61. The first kappa shape index (κ1) is 30.4. The maximum absolute atomic E-state index is 14.1.